The summed E-state index contributed by atoms with van der Waals surface area (Å²) >= 11 is 5.66. The van der Waals surface area contributed by atoms with Gasteiger partial charge in [-0.1, -0.05) is 0 Å². The second-order valence-electron chi connectivity index (χ2n) is 2.61. The highest BCUT2D eigenvalue weighted by Crippen LogP contribution is 2.18. The summed E-state index contributed by atoms with van der Waals surface area (Å²) in [5.41, 5.74) is 0. The van der Waals surface area contributed by atoms with Crippen LogP contribution in [0.2, 0.25) is 0 Å². The Bertz CT molecular complexity index is 112. The van der Waals surface area contributed by atoms with Crippen molar-refractivity contribution in [2.75, 3.05) is 26.8 Å². The Morgan fingerprint density at radius 2 is 2.40 bits per heavy atom. The van der Waals surface area contributed by atoms with Gasteiger partial charge in [-0.2, -0.15) is 0 Å². The van der Waals surface area contributed by atoms with Crippen molar-refractivity contribution in [2.24, 2.45) is 5.92 Å². The predicted molar refractivity (Wildman–Crippen MR) is 38.8 cm³/mol. The van der Waals surface area contributed by atoms with Crippen LogP contribution in [-0.4, -0.2) is 42.4 Å². The summed E-state index contributed by atoms with van der Waals surface area (Å²) in [6.07, 6.45) is -0.322. The van der Waals surface area contributed by atoms with Gasteiger partial charge in [-0.05, 0) is 11.8 Å². The van der Waals surface area contributed by atoms with Crippen LogP contribution in [-0.2, 0) is 4.74 Å². The van der Waals surface area contributed by atoms with E-state index in [4.69, 9.17) is 16.5 Å². The van der Waals surface area contributed by atoms with Gasteiger partial charge in [-0.3, -0.25) is 0 Å². The predicted octanol–water partition coefficient (Wildman–Crippen LogP) is 0.0793. The number of ether oxygens (including phenoxy) is 1. The van der Waals surface area contributed by atoms with E-state index in [0.29, 0.717) is 13.2 Å². The third-order valence-corrected chi connectivity index (χ3v) is 2.02. The summed E-state index contributed by atoms with van der Waals surface area (Å²) in [6.45, 7) is 1.86. The zero-order valence-corrected chi connectivity index (χ0v) is 6.71. The van der Waals surface area contributed by atoms with Crippen molar-refractivity contribution in [3.05, 3.63) is 0 Å². The van der Waals surface area contributed by atoms with E-state index in [0.717, 1.165) is 6.54 Å². The maximum Gasteiger partial charge on any atom is 0.0743 e. The van der Waals surface area contributed by atoms with Crippen molar-refractivity contribution < 1.29 is 9.84 Å². The van der Waals surface area contributed by atoms with E-state index in [-0.39, 0.29) is 12.0 Å². The number of aliphatic hydroxyl groups excluding tert-OH is 1. The summed E-state index contributed by atoms with van der Waals surface area (Å²) in [6, 6.07) is 0. The van der Waals surface area contributed by atoms with Gasteiger partial charge in [0.05, 0.1) is 12.7 Å². The molecule has 4 heteroatoms. The molecule has 0 spiro atoms. The molecular formula is C6H12ClNO2. The van der Waals surface area contributed by atoms with Gasteiger partial charge in [0.15, 0.2) is 0 Å². The van der Waals surface area contributed by atoms with Gasteiger partial charge in [0, 0.05) is 26.1 Å². The van der Waals surface area contributed by atoms with Gasteiger partial charge < -0.3 is 9.84 Å². The fourth-order valence-electron chi connectivity index (χ4n) is 1.18. The highest BCUT2D eigenvalue weighted by atomic mass is 35.5. The van der Waals surface area contributed by atoms with Gasteiger partial charge >= 0.3 is 0 Å². The Hall–Kier alpha value is 0.170. The number of β-amino-alcohol motifs (C(OH)–C–C–N with tert-alkyl or cyclic N) is 1. The summed E-state index contributed by atoms with van der Waals surface area (Å²) in [4.78, 5) is 0. The van der Waals surface area contributed by atoms with E-state index < -0.39 is 0 Å². The third kappa shape index (κ3) is 1.83. The first-order chi connectivity index (χ1) is 4.74. The molecule has 1 saturated heterocycles. The monoisotopic (exact) mass is 165 g/mol. The van der Waals surface area contributed by atoms with Crippen LogP contribution in [0.5, 0.6) is 0 Å². The quantitative estimate of drug-likeness (QED) is 0.589. The van der Waals surface area contributed by atoms with Crippen molar-refractivity contribution in [1.82, 2.24) is 4.42 Å². The summed E-state index contributed by atoms with van der Waals surface area (Å²) in [5.74, 6) is 0.183. The molecule has 3 nitrogen and oxygen atoms in total. The molecule has 1 aliphatic heterocycles. The van der Waals surface area contributed by atoms with E-state index >= 15 is 0 Å². The second-order valence-corrected chi connectivity index (χ2v) is 3.09. The number of hydrogen-bond donors (Lipinski definition) is 1. The standard InChI is InChI=1S/C6H12ClNO2/c1-10-4-5-2-8(7)3-6(5)9/h5-6,9H,2-4H2,1H3/t5-,6?/m1/s1. The number of methoxy groups -OCH3 is 1. The Labute approximate surface area is 65.6 Å². The van der Waals surface area contributed by atoms with Crippen LogP contribution in [0.15, 0.2) is 0 Å². The number of nitrogens with zero attached hydrogens (tertiary/aromatic N) is 1. The fraction of sp³-hybridized carbons (Fsp3) is 1.00. The molecule has 60 valence electrons. The summed E-state index contributed by atoms with van der Waals surface area (Å²) in [5, 5.41) is 9.28. The lowest BCUT2D eigenvalue weighted by molar-refractivity contribution is 0.0791. The molecule has 1 heterocycles. The van der Waals surface area contributed by atoms with Gasteiger partial charge in [0.25, 0.3) is 0 Å². The maximum absolute atomic E-state index is 9.28. The van der Waals surface area contributed by atoms with Crippen LogP contribution in [0.1, 0.15) is 0 Å². The van der Waals surface area contributed by atoms with Crippen molar-refractivity contribution >= 4 is 11.8 Å². The zero-order valence-electron chi connectivity index (χ0n) is 5.96. The van der Waals surface area contributed by atoms with Crippen molar-refractivity contribution in [1.29, 1.82) is 0 Å². The van der Waals surface area contributed by atoms with Crippen molar-refractivity contribution in [3.8, 4) is 0 Å². The maximum atomic E-state index is 9.28. The summed E-state index contributed by atoms with van der Waals surface area (Å²) < 4.78 is 6.49. The highest BCUT2D eigenvalue weighted by Gasteiger charge is 2.29. The Morgan fingerprint density at radius 1 is 1.70 bits per heavy atom. The topological polar surface area (TPSA) is 32.7 Å². The SMILES string of the molecule is COC[C@H]1CN(Cl)CC1O. The Kier molecular flexibility index (Phi) is 2.92. The zero-order chi connectivity index (χ0) is 7.56. The van der Waals surface area contributed by atoms with Crippen LogP contribution in [0, 0.1) is 5.92 Å². The van der Waals surface area contributed by atoms with E-state index in [1.54, 1.807) is 11.5 Å². The Morgan fingerprint density at radius 3 is 2.80 bits per heavy atom. The highest BCUT2D eigenvalue weighted by molar-refractivity contribution is 6.13. The first-order valence-electron chi connectivity index (χ1n) is 3.31. The lowest BCUT2D eigenvalue weighted by atomic mass is 10.1. The molecule has 0 aromatic carbocycles. The molecule has 1 unspecified atom stereocenters. The van der Waals surface area contributed by atoms with Crippen LogP contribution >= 0.6 is 11.8 Å². The smallest absolute Gasteiger partial charge is 0.0743 e. The number of rotatable bonds is 2. The largest absolute Gasteiger partial charge is 0.391 e. The minimum atomic E-state index is -0.322. The number of aliphatic hydroxyl groups is 1. The normalized spacial score (nSPS) is 35.1. The molecule has 1 N–H and O–H groups in total. The minimum absolute atomic E-state index is 0.183. The summed E-state index contributed by atoms with van der Waals surface area (Å²) in [7, 11) is 1.63. The van der Waals surface area contributed by atoms with Crippen LogP contribution in [0.4, 0.5) is 0 Å². The lowest BCUT2D eigenvalue weighted by Crippen LogP contribution is -2.21. The molecule has 0 aliphatic carbocycles. The van der Waals surface area contributed by atoms with Gasteiger partial charge in [0.1, 0.15) is 0 Å². The molecule has 1 aliphatic rings. The van der Waals surface area contributed by atoms with E-state index in [1.165, 1.54) is 0 Å². The van der Waals surface area contributed by atoms with E-state index in [2.05, 4.69) is 0 Å². The van der Waals surface area contributed by atoms with E-state index in [9.17, 15) is 5.11 Å². The van der Waals surface area contributed by atoms with Crippen LogP contribution < -0.4 is 0 Å². The van der Waals surface area contributed by atoms with Crippen LogP contribution in [0.25, 0.3) is 0 Å². The average molecular weight is 166 g/mol. The molecule has 1 fully saturated rings. The molecule has 0 amide bonds. The van der Waals surface area contributed by atoms with Crippen molar-refractivity contribution in [2.45, 2.75) is 6.10 Å². The third-order valence-electron chi connectivity index (χ3n) is 1.74. The van der Waals surface area contributed by atoms with Crippen molar-refractivity contribution in [3.63, 3.8) is 0 Å². The molecule has 0 saturated carbocycles. The lowest BCUT2D eigenvalue weighted by Gasteiger charge is -2.10. The number of halogens is 1. The molecule has 2 atom stereocenters. The first kappa shape index (κ1) is 8.27. The Balaban J connectivity index is 2.31. The van der Waals surface area contributed by atoms with Gasteiger partial charge in [-0.15, -0.1) is 0 Å². The molecular weight excluding hydrogens is 154 g/mol. The molecule has 1 rings (SSSR count). The minimum Gasteiger partial charge on any atom is -0.391 e. The fourth-order valence-corrected chi connectivity index (χ4v) is 1.50. The molecule has 0 aromatic heterocycles. The molecule has 10 heavy (non-hydrogen) atoms. The molecule has 0 bridgehead atoms. The first-order valence-corrected chi connectivity index (χ1v) is 3.65. The second kappa shape index (κ2) is 3.53. The molecule has 0 aromatic rings. The van der Waals surface area contributed by atoms with Gasteiger partial charge in [-0.25, -0.2) is 4.42 Å². The van der Waals surface area contributed by atoms with Crippen LogP contribution in [0.3, 0.4) is 0 Å². The average Bonchev–Trinajstić information content (AvgIpc) is 2.13. The number of hydrogen-bond acceptors (Lipinski definition) is 3. The van der Waals surface area contributed by atoms with E-state index in [1.807, 2.05) is 0 Å². The van der Waals surface area contributed by atoms with Gasteiger partial charge in [0.2, 0.25) is 0 Å². The molecule has 0 radical (unpaired) electrons.